The van der Waals surface area contributed by atoms with Crippen molar-refractivity contribution in [3.05, 3.63) is 17.0 Å². The van der Waals surface area contributed by atoms with E-state index in [1.165, 1.54) is 10.9 Å². The predicted octanol–water partition coefficient (Wildman–Crippen LogP) is -0.394. The summed E-state index contributed by atoms with van der Waals surface area (Å²) in [6.07, 6.45) is -1.37. The summed E-state index contributed by atoms with van der Waals surface area (Å²) < 4.78 is 7.55. The molecule has 0 bridgehead atoms. The van der Waals surface area contributed by atoms with Crippen LogP contribution in [0.4, 0.5) is 5.82 Å². The average Bonchev–Trinajstić information content (AvgIpc) is 2.98. The SMILES string of the molecule is OC[C@@H]1O[C@@H](n2cc(Br)c3c(NO)ncnc32)[C@H](O)[C@@H]1O. The van der Waals surface area contributed by atoms with E-state index >= 15 is 0 Å². The van der Waals surface area contributed by atoms with Crippen molar-refractivity contribution in [2.24, 2.45) is 0 Å². The Labute approximate surface area is 126 Å². The summed E-state index contributed by atoms with van der Waals surface area (Å²) in [4.78, 5) is 7.98. The first-order chi connectivity index (χ1) is 10.1. The highest BCUT2D eigenvalue weighted by Gasteiger charge is 2.44. The van der Waals surface area contributed by atoms with Crippen LogP contribution in [0.5, 0.6) is 0 Å². The van der Waals surface area contributed by atoms with Crippen molar-refractivity contribution < 1.29 is 25.3 Å². The molecule has 0 unspecified atom stereocenters. The molecule has 1 aliphatic rings. The van der Waals surface area contributed by atoms with Gasteiger partial charge in [-0.3, -0.25) is 10.7 Å². The maximum absolute atomic E-state index is 10.1. The second kappa shape index (κ2) is 5.48. The van der Waals surface area contributed by atoms with Crippen molar-refractivity contribution in [2.45, 2.75) is 24.5 Å². The zero-order valence-corrected chi connectivity index (χ0v) is 12.2. The van der Waals surface area contributed by atoms with Gasteiger partial charge in [-0.05, 0) is 15.9 Å². The van der Waals surface area contributed by atoms with Gasteiger partial charge in [0.25, 0.3) is 0 Å². The lowest BCUT2D eigenvalue weighted by atomic mass is 10.1. The largest absolute Gasteiger partial charge is 0.394 e. The van der Waals surface area contributed by atoms with Gasteiger partial charge in [-0.25, -0.2) is 9.97 Å². The molecule has 1 aliphatic heterocycles. The van der Waals surface area contributed by atoms with Crippen LogP contribution in [-0.4, -0.2) is 60.0 Å². The van der Waals surface area contributed by atoms with E-state index in [9.17, 15) is 10.2 Å². The maximum Gasteiger partial charge on any atom is 0.164 e. The number of aliphatic hydroxyl groups is 3. The van der Waals surface area contributed by atoms with E-state index in [-0.39, 0.29) is 5.82 Å². The summed E-state index contributed by atoms with van der Waals surface area (Å²) in [5, 5.41) is 38.6. The van der Waals surface area contributed by atoms with Crippen LogP contribution in [0.25, 0.3) is 11.0 Å². The van der Waals surface area contributed by atoms with Gasteiger partial charge in [0.2, 0.25) is 0 Å². The first kappa shape index (κ1) is 14.6. The highest BCUT2D eigenvalue weighted by molar-refractivity contribution is 9.10. The Morgan fingerprint density at radius 2 is 2.10 bits per heavy atom. The molecule has 5 N–H and O–H groups in total. The maximum atomic E-state index is 10.1. The number of rotatable bonds is 3. The van der Waals surface area contributed by atoms with E-state index in [0.717, 1.165) is 0 Å². The predicted molar refractivity (Wildman–Crippen MR) is 73.6 cm³/mol. The summed E-state index contributed by atoms with van der Waals surface area (Å²) in [7, 11) is 0. The molecule has 2 aromatic rings. The molecule has 0 aliphatic carbocycles. The minimum atomic E-state index is -1.22. The highest BCUT2D eigenvalue weighted by atomic mass is 79.9. The quantitative estimate of drug-likeness (QED) is 0.467. The van der Waals surface area contributed by atoms with Gasteiger partial charge in [-0.15, -0.1) is 0 Å². The third-order valence-electron chi connectivity index (χ3n) is 3.46. The molecule has 0 saturated carbocycles. The Morgan fingerprint density at radius 3 is 2.71 bits per heavy atom. The number of halogens is 1. The van der Waals surface area contributed by atoms with E-state index in [2.05, 4.69) is 25.9 Å². The molecule has 3 rings (SSSR count). The number of aromatic nitrogens is 3. The number of anilines is 1. The summed E-state index contributed by atoms with van der Waals surface area (Å²) >= 11 is 3.32. The van der Waals surface area contributed by atoms with Crippen molar-refractivity contribution >= 4 is 32.8 Å². The number of hydrogen-bond donors (Lipinski definition) is 5. The summed E-state index contributed by atoms with van der Waals surface area (Å²) in [6, 6.07) is 0. The van der Waals surface area contributed by atoms with Gasteiger partial charge in [0.15, 0.2) is 12.0 Å². The number of hydrogen-bond acceptors (Lipinski definition) is 8. The van der Waals surface area contributed by atoms with Gasteiger partial charge >= 0.3 is 0 Å². The lowest BCUT2D eigenvalue weighted by Crippen LogP contribution is -2.33. The van der Waals surface area contributed by atoms with Crippen LogP contribution in [0, 0.1) is 0 Å². The van der Waals surface area contributed by atoms with E-state index in [1.807, 2.05) is 5.48 Å². The minimum absolute atomic E-state index is 0.192. The molecule has 1 fully saturated rings. The summed E-state index contributed by atoms with van der Waals surface area (Å²) in [6.45, 7) is -0.409. The third-order valence-corrected chi connectivity index (χ3v) is 4.06. The number of nitrogens with zero attached hydrogens (tertiary/aromatic N) is 3. The Kier molecular flexibility index (Phi) is 3.82. The molecular formula is C11H13BrN4O5. The van der Waals surface area contributed by atoms with Crippen LogP contribution in [0.15, 0.2) is 17.0 Å². The Balaban J connectivity index is 2.10. The van der Waals surface area contributed by atoms with E-state index in [4.69, 9.17) is 15.1 Å². The Morgan fingerprint density at radius 1 is 1.33 bits per heavy atom. The molecule has 4 atom stereocenters. The molecule has 21 heavy (non-hydrogen) atoms. The highest BCUT2D eigenvalue weighted by Crippen LogP contribution is 2.36. The molecule has 2 aromatic heterocycles. The molecule has 114 valence electrons. The van der Waals surface area contributed by atoms with Gasteiger partial charge < -0.3 is 24.6 Å². The lowest BCUT2D eigenvalue weighted by Gasteiger charge is -2.17. The van der Waals surface area contributed by atoms with Crippen LogP contribution in [0.3, 0.4) is 0 Å². The second-order valence-corrected chi connectivity index (χ2v) is 5.50. The van der Waals surface area contributed by atoms with Gasteiger partial charge in [0.05, 0.1) is 12.0 Å². The fourth-order valence-corrected chi connectivity index (χ4v) is 3.01. The van der Waals surface area contributed by atoms with Crippen molar-refractivity contribution in [1.82, 2.24) is 14.5 Å². The summed E-state index contributed by atoms with van der Waals surface area (Å²) in [5.74, 6) is 0.192. The van der Waals surface area contributed by atoms with Gasteiger partial charge in [-0.2, -0.15) is 0 Å². The molecule has 9 nitrogen and oxygen atoms in total. The molecule has 0 amide bonds. The number of aliphatic hydroxyl groups excluding tert-OH is 3. The van der Waals surface area contributed by atoms with Crippen molar-refractivity contribution in [1.29, 1.82) is 0 Å². The topological polar surface area (TPSA) is 133 Å². The standard InChI is InChI=1S/C11H13BrN4O5/c12-4-1-16(10-6(4)9(15-20)13-3-14-10)11-8(19)7(18)5(2-17)21-11/h1,3,5,7-8,11,17-20H,2H2,(H,13,14,15)/t5-,7+,8+,11+/m0/s1. The fourth-order valence-electron chi connectivity index (χ4n) is 2.43. The van der Waals surface area contributed by atoms with Crippen LogP contribution >= 0.6 is 15.9 Å². The number of fused-ring (bicyclic) bond motifs is 1. The van der Waals surface area contributed by atoms with Crippen molar-refractivity contribution in [3.63, 3.8) is 0 Å². The number of nitrogens with one attached hydrogen (secondary N) is 1. The molecular weight excluding hydrogens is 348 g/mol. The smallest absolute Gasteiger partial charge is 0.164 e. The zero-order chi connectivity index (χ0) is 15.1. The van der Waals surface area contributed by atoms with Gasteiger partial charge in [0, 0.05) is 10.7 Å². The zero-order valence-electron chi connectivity index (χ0n) is 10.6. The van der Waals surface area contributed by atoms with Crippen LogP contribution in [-0.2, 0) is 4.74 Å². The minimum Gasteiger partial charge on any atom is -0.394 e. The Hall–Kier alpha value is -1.30. The summed E-state index contributed by atoms with van der Waals surface area (Å²) in [5.41, 5.74) is 2.36. The van der Waals surface area contributed by atoms with Crippen LogP contribution in [0.2, 0.25) is 0 Å². The van der Waals surface area contributed by atoms with Crippen LogP contribution < -0.4 is 5.48 Å². The van der Waals surface area contributed by atoms with Gasteiger partial charge in [0.1, 0.15) is 30.3 Å². The monoisotopic (exact) mass is 360 g/mol. The molecule has 10 heteroatoms. The second-order valence-electron chi connectivity index (χ2n) is 4.65. The third kappa shape index (κ3) is 2.20. The first-order valence-electron chi connectivity index (χ1n) is 6.12. The lowest BCUT2D eigenvalue weighted by molar-refractivity contribution is -0.0509. The molecule has 0 aromatic carbocycles. The van der Waals surface area contributed by atoms with E-state index in [0.29, 0.717) is 15.5 Å². The Bertz CT molecular complexity index is 665. The average molecular weight is 361 g/mol. The molecule has 0 radical (unpaired) electrons. The van der Waals surface area contributed by atoms with E-state index < -0.39 is 31.1 Å². The van der Waals surface area contributed by atoms with Gasteiger partial charge in [-0.1, -0.05) is 0 Å². The normalized spacial score (nSPS) is 29.2. The molecule has 3 heterocycles. The van der Waals surface area contributed by atoms with E-state index in [1.54, 1.807) is 6.20 Å². The van der Waals surface area contributed by atoms with Crippen molar-refractivity contribution in [2.75, 3.05) is 12.1 Å². The van der Waals surface area contributed by atoms with Crippen LogP contribution in [0.1, 0.15) is 6.23 Å². The number of ether oxygens (including phenoxy) is 1. The molecule has 0 spiro atoms. The van der Waals surface area contributed by atoms with Crippen molar-refractivity contribution in [3.8, 4) is 0 Å². The fraction of sp³-hybridized carbons (Fsp3) is 0.455. The first-order valence-corrected chi connectivity index (χ1v) is 6.91. The molecule has 1 saturated heterocycles.